The highest BCUT2D eigenvalue weighted by molar-refractivity contribution is 5.89. The Balaban J connectivity index is 1.59. The molecule has 1 saturated carbocycles. The summed E-state index contributed by atoms with van der Waals surface area (Å²) in [5.41, 5.74) is 2.11. The zero-order chi connectivity index (χ0) is 16.6. The molecule has 4 rings (SSSR count). The highest BCUT2D eigenvalue weighted by Crippen LogP contribution is 2.44. The molecule has 1 N–H and O–H groups in total. The standard InChI is InChI=1S/C19H24N4O/c1-14-5-4-6-16(11-14)19(8-2-3-9-19)18(24)23-10-7-15(12-23)17-20-13-21-22-17/h4-6,11,13,15H,2-3,7-10,12H2,1H3,(H,20,21,22). The first kappa shape index (κ1) is 15.4. The van der Waals surface area contributed by atoms with E-state index >= 15 is 0 Å². The van der Waals surface area contributed by atoms with E-state index in [4.69, 9.17) is 0 Å². The number of hydrogen-bond donors (Lipinski definition) is 1. The quantitative estimate of drug-likeness (QED) is 0.944. The molecule has 24 heavy (non-hydrogen) atoms. The second-order valence-corrected chi connectivity index (χ2v) is 7.27. The average molecular weight is 324 g/mol. The van der Waals surface area contributed by atoms with Crippen LogP contribution in [-0.2, 0) is 10.2 Å². The highest BCUT2D eigenvalue weighted by Gasteiger charge is 2.46. The zero-order valence-corrected chi connectivity index (χ0v) is 14.2. The Morgan fingerprint density at radius 2 is 2.17 bits per heavy atom. The third kappa shape index (κ3) is 2.52. The van der Waals surface area contributed by atoms with Crippen LogP contribution in [-0.4, -0.2) is 39.1 Å². The average Bonchev–Trinajstić information content (AvgIpc) is 3.34. The van der Waals surface area contributed by atoms with Crippen molar-refractivity contribution in [3.05, 3.63) is 47.5 Å². The Labute approximate surface area is 142 Å². The lowest BCUT2D eigenvalue weighted by Crippen LogP contribution is -2.44. The van der Waals surface area contributed by atoms with Gasteiger partial charge in [0.05, 0.1) is 5.41 Å². The fourth-order valence-corrected chi connectivity index (χ4v) is 4.43. The normalized spacial score (nSPS) is 22.9. The molecule has 1 aromatic carbocycles. The number of hydrogen-bond acceptors (Lipinski definition) is 3. The van der Waals surface area contributed by atoms with E-state index in [1.165, 1.54) is 11.1 Å². The van der Waals surface area contributed by atoms with Crippen molar-refractivity contribution in [2.45, 2.75) is 50.4 Å². The van der Waals surface area contributed by atoms with Gasteiger partial charge in [0.25, 0.3) is 0 Å². The van der Waals surface area contributed by atoms with E-state index in [1.807, 2.05) is 0 Å². The maximum atomic E-state index is 13.5. The predicted octanol–water partition coefficient (Wildman–Crippen LogP) is 2.94. The first-order chi connectivity index (χ1) is 11.7. The molecule has 5 nitrogen and oxygen atoms in total. The topological polar surface area (TPSA) is 61.9 Å². The third-order valence-electron chi connectivity index (χ3n) is 5.73. The fourth-order valence-electron chi connectivity index (χ4n) is 4.43. The Bertz CT molecular complexity index is 719. The molecule has 126 valence electrons. The first-order valence-electron chi connectivity index (χ1n) is 8.91. The number of H-pyrrole nitrogens is 1. The Kier molecular flexibility index (Phi) is 3.87. The molecule has 2 aliphatic rings. The van der Waals surface area contributed by atoms with Gasteiger partial charge in [-0.1, -0.05) is 42.7 Å². The minimum Gasteiger partial charge on any atom is -0.341 e. The van der Waals surface area contributed by atoms with Crippen molar-refractivity contribution in [3.63, 3.8) is 0 Å². The van der Waals surface area contributed by atoms with Crippen molar-refractivity contribution in [2.75, 3.05) is 13.1 Å². The molecule has 1 unspecified atom stereocenters. The maximum absolute atomic E-state index is 13.5. The summed E-state index contributed by atoms with van der Waals surface area (Å²) in [5, 5.41) is 6.90. The molecule has 1 aliphatic heterocycles. The van der Waals surface area contributed by atoms with Gasteiger partial charge in [0.1, 0.15) is 12.2 Å². The van der Waals surface area contributed by atoms with Gasteiger partial charge in [-0.3, -0.25) is 9.89 Å². The summed E-state index contributed by atoms with van der Waals surface area (Å²) in [6.07, 6.45) is 6.73. The molecular formula is C19H24N4O. The highest BCUT2D eigenvalue weighted by atomic mass is 16.2. The van der Waals surface area contributed by atoms with Gasteiger partial charge in [0.15, 0.2) is 0 Å². The Hall–Kier alpha value is -2.17. The summed E-state index contributed by atoms with van der Waals surface area (Å²) in [6.45, 7) is 3.67. The molecule has 1 aliphatic carbocycles. The summed E-state index contributed by atoms with van der Waals surface area (Å²) in [4.78, 5) is 19.8. The number of nitrogens with zero attached hydrogens (tertiary/aromatic N) is 3. The summed E-state index contributed by atoms with van der Waals surface area (Å²) in [6, 6.07) is 8.53. The SMILES string of the molecule is Cc1cccc(C2(C(=O)N3CCC(c4ncn[nH]4)C3)CCCC2)c1. The van der Waals surface area contributed by atoms with E-state index in [0.29, 0.717) is 5.91 Å². The van der Waals surface area contributed by atoms with E-state index < -0.39 is 0 Å². The molecule has 0 radical (unpaired) electrons. The molecule has 1 saturated heterocycles. The second-order valence-electron chi connectivity index (χ2n) is 7.27. The van der Waals surface area contributed by atoms with Crippen LogP contribution in [0.1, 0.15) is 55.0 Å². The van der Waals surface area contributed by atoms with Gasteiger partial charge in [-0.05, 0) is 31.7 Å². The van der Waals surface area contributed by atoms with E-state index in [9.17, 15) is 4.79 Å². The lowest BCUT2D eigenvalue weighted by Gasteiger charge is -2.33. The summed E-state index contributed by atoms with van der Waals surface area (Å²) in [5.74, 6) is 1.50. The number of amides is 1. The maximum Gasteiger partial charge on any atom is 0.233 e. The van der Waals surface area contributed by atoms with Crippen molar-refractivity contribution in [1.82, 2.24) is 20.1 Å². The summed E-state index contributed by atoms with van der Waals surface area (Å²) < 4.78 is 0. The monoisotopic (exact) mass is 324 g/mol. The molecule has 1 atom stereocenters. The molecule has 2 fully saturated rings. The zero-order valence-electron chi connectivity index (χ0n) is 14.2. The van der Waals surface area contributed by atoms with Gasteiger partial charge in [0.2, 0.25) is 5.91 Å². The smallest absolute Gasteiger partial charge is 0.233 e. The lowest BCUT2D eigenvalue weighted by atomic mass is 9.77. The lowest BCUT2D eigenvalue weighted by molar-refractivity contribution is -0.136. The van der Waals surface area contributed by atoms with Gasteiger partial charge in [0, 0.05) is 19.0 Å². The molecular weight excluding hydrogens is 300 g/mol. The fraction of sp³-hybridized carbons (Fsp3) is 0.526. The van der Waals surface area contributed by atoms with Crippen LogP contribution in [0.15, 0.2) is 30.6 Å². The van der Waals surface area contributed by atoms with Crippen LogP contribution in [0.5, 0.6) is 0 Å². The van der Waals surface area contributed by atoms with E-state index in [1.54, 1.807) is 6.33 Å². The van der Waals surface area contributed by atoms with Crippen LogP contribution < -0.4 is 0 Å². The van der Waals surface area contributed by atoms with Crippen LogP contribution in [0, 0.1) is 6.92 Å². The largest absolute Gasteiger partial charge is 0.341 e. The number of rotatable bonds is 3. The number of carbonyl (C=O) groups is 1. The van der Waals surface area contributed by atoms with Gasteiger partial charge in [-0.2, -0.15) is 5.10 Å². The van der Waals surface area contributed by atoms with Crippen LogP contribution in [0.3, 0.4) is 0 Å². The molecule has 5 heteroatoms. The van der Waals surface area contributed by atoms with Crippen molar-refractivity contribution >= 4 is 5.91 Å². The van der Waals surface area contributed by atoms with Crippen molar-refractivity contribution in [3.8, 4) is 0 Å². The number of benzene rings is 1. The number of carbonyl (C=O) groups excluding carboxylic acids is 1. The van der Waals surface area contributed by atoms with E-state index in [-0.39, 0.29) is 11.3 Å². The van der Waals surface area contributed by atoms with E-state index in [2.05, 4.69) is 51.3 Å². The first-order valence-corrected chi connectivity index (χ1v) is 8.91. The van der Waals surface area contributed by atoms with Gasteiger partial charge in [-0.15, -0.1) is 0 Å². The van der Waals surface area contributed by atoms with Gasteiger partial charge >= 0.3 is 0 Å². The molecule has 0 spiro atoms. The van der Waals surface area contributed by atoms with Crippen molar-refractivity contribution in [1.29, 1.82) is 0 Å². The van der Waals surface area contributed by atoms with E-state index in [0.717, 1.165) is 51.0 Å². The number of nitrogens with one attached hydrogen (secondary N) is 1. The summed E-state index contributed by atoms with van der Waals surface area (Å²) in [7, 11) is 0. The number of aromatic nitrogens is 3. The van der Waals surface area contributed by atoms with Crippen LogP contribution >= 0.6 is 0 Å². The molecule has 2 aromatic rings. The Morgan fingerprint density at radius 1 is 1.33 bits per heavy atom. The molecule has 1 amide bonds. The number of likely N-dealkylation sites (tertiary alicyclic amines) is 1. The van der Waals surface area contributed by atoms with Crippen molar-refractivity contribution in [2.24, 2.45) is 0 Å². The summed E-state index contributed by atoms with van der Waals surface area (Å²) >= 11 is 0. The van der Waals surface area contributed by atoms with Crippen LogP contribution in [0.4, 0.5) is 0 Å². The van der Waals surface area contributed by atoms with Crippen molar-refractivity contribution < 1.29 is 4.79 Å². The minimum atomic E-state index is -0.317. The second kappa shape index (κ2) is 6.04. The molecule has 2 heterocycles. The van der Waals surface area contributed by atoms with Gasteiger partial charge < -0.3 is 4.90 Å². The molecule has 1 aromatic heterocycles. The minimum absolute atomic E-state index is 0.285. The number of aryl methyl sites for hydroxylation is 1. The van der Waals surface area contributed by atoms with Gasteiger partial charge in [-0.25, -0.2) is 4.98 Å². The van der Waals surface area contributed by atoms with Crippen LogP contribution in [0.2, 0.25) is 0 Å². The predicted molar refractivity (Wildman–Crippen MR) is 91.6 cm³/mol. The third-order valence-corrected chi connectivity index (χ3v) is 5.73. The molecule has 0 bridgehead atoms. The number of aromatic amines is 1. The van der Waals surface area contributed by atoms with Crippen LogP contribution in [0.25, 0.3) is 0 Å². The Morgan fingerprint density at radius 3 is 2.88 bits per heavy atom.